The molecule has 108 valence electrons. The Morgan fingerprint density at radius 2 is 2.25 bits per heavy atom. The van der Waals surface area contributed by atoms with Crippen LogP contribution in [0.3, 0.4) is 0 Å². The average molecular weight is 280 g/mol. The number of halogens is 1. The number of carboxylic acid groups (broad SMARTS) is 1. The topological polar surface area (TPSA) is 78.4 Å². The summed E-state index contributed by atoms with van der Waals surface area (Å²) in [6.45, 7) is 1.79. The van der Waals surface area contributed by atoms with Crippen molar-refractivity contribution in [1.82, 2.24) is 0 Å². The van der Waals surface area contributed by atoms with Crippen molar-refractivity contribution in [2.75, 3.05) is 10.6 Å². The van der Waals surface area contributed by atoms with Gasteiger partial charge >= 0.3 is 5.97 Å². The Bertz CT molecular complexity index is 545. The Labute approximate surface area is 116 Å². The summed E-state index contributed by atoms with van der Waals surface area (Å²) in [5.74, 6) is -1.34. The molecule has 1 aliphatic heterocycles. The number of aryl methyl sites for hydroxylation is 1. The van der Waals surface area contributed by atoms with Crippen molar-refractivity contribution < 1.29 is 19.1 Å². The maximum Gasteiger partial charge on any atom is 0.303 e. The van der Waals surface area contributed by atoms with Crippen LogP contribution in [0.25, 0.3) is 0 Å². The van der Waals surface area contributed by atoms with Crippen molar-refractivity contribution in [2.24, 2.45) is 0 Å². The van der Waals surface area contributed by atoms with Crippen molar-refractivity contribution in [1.29, 1.82) is 0 Å². The number of carbonyl (C=O) groups is 2. The fourth-order valence-electron chi connectivity index (χ4n) is 2.19. The van der Waals surface area contributed by atoms with E-state index in [-0.39, 0.29) is 29.9 Å². The van der Waals surface area contributed by atoms with Crippen LogP contribution in [-0.4, -0.2) is 23.0 Å². The first-order valence-electron chi connectivity index (χ1n) is 6.56. The van der Waals surface area contributed by atoms with Gasteiger partial charge in [-0.15, -0.1) is 0 Å². The highest BCUT2D eigenvalue weighted by Crippen LogP contribution is 2.29. The highest BCUT2D eigenvalue weighted by Gasteiger charge is 2.18. The van der Waals surface area contributed by atoms with Gasteiger partial charge in [0.25, 0.3) is 0 Å². The lowest BCUT2D eigenvalue weighted by Gasteiger charge is -2.20. The van der Waals surface area contributed by atoms with Gasteiger partial charge in [-0.25, -0.2) is 4.39 Å². The molecule has 1 atom stereocenters. The van der Waals surface area contributed by atoms with Crippen molar-refractivity contribution in [3.8, 4) is 0 Å². The van der Waals surface area contributed by atoms with E-state index in [2.05, 4.69) is 10.6 Å². The highest BCUT2D eigenvalue weighted by atomic mass is 19.1. The summed E-state index contributed by atoms with van der Waals surface area (Å²) in [7, 11) is 0. The number of nitrogens with one attached hydrogen (secondary N) is 2. The van der Waals surface area contributed by atoms with Crippen molar-refractivity contribution >= 4 is 23.3 Å². The van der Waals surface area contributed by atoms with E-state index in [9.17, 15) is 14.0 Å². The van der Waals surface area contributed by atoms with Gasteiger partial charge in [0.15, 0.2) is 0 Å². The lowest BCUT2D eigenvalue weighted by Crippen LogP contribution is -2.21. The number of benzene rings is 1. The first kappa shape index (κ1) is 14.3. The van der Waals surface area contributed by atoms with Crippen LogP contribution in [0, 0.1) is 5.82 Å². The van der Waals surface area contributed by atoms with Gasteiger partial charge in [0, 0.05) is 24.6 Å². The van der Waals surface area contributed by atoms with Crippen LogP contribution < -0.4 is 10.6 Å². The SMILES string of the molecule is CC(CCC(=O)O)Nc1cc2c(cc1F)CCC(=O)N2. The quantitative estimate of drug-likeness (QED) is 0.773. The first-order chi connectivity index (χ1) is 9.45. The monoisotopic (exact) mass is 280 g/mol. The van der Waals surface area contributed by atoms with E-state index in [1.807, 2.05) is 0 Å². The lowest BCUT2D eigenvalue weighted by atomic mass is 10.0. The van der Waals surface area contributed by atoms with Crippen LogP contribution in [0.15, 0.2) is 12.1 Å². The maximum atomic E-state index is 13.9. The van der Waals surface area contributed by atoms with Gasteiger partial charge in [0.05, 0.1) is 5.69 Å². The molecule has 1 amide bonds. The molecule has 1 aromatic rings. The number of anilines is 2. The molecule has 1 heterocycles. The number of hydrogen-bond donors (Lipinski definition) is 3. The van der Waals surface area contributed by atoms with Crippen molar-refractivity contribution in [3.63, 3.8) is 0 Å². The van der Waals surface area contributed by atoms with Gasteiger partial charge in [-0.05, 0) is 37.5 Å². The molecule has 0 saturated heterocycles. The third-order valence-corrected chi connectivity index (χ3v) is 3.28. The van der Waals surface area contributed by atoms with Gasteiger partial charge in [-0.3, -0.25) is 9.59 Å². The summed E-state index contributed by atoms with van der Waals surface area (Å²) in [5.41, 5.74) is 1.69. The van der Waals surface area contributed by atoms with E-state index < -0.39 is 5.97 Å². The van der Waals surface area contributed by atoms with E-state index in [1.165, 1.54) is 6.07 Å². The molecule has 2 rings (SSSR count). The molecular weight excluding hydrogens is 263 g/mol. The Balaban J connectivity index is 2.10. The molecule has 1 aromatic carbocycles. The van der Waals surface area contributed by atoms with Crippen LogP contribution in [-0.2, 0) is 16.0 Å². The molecule has 3 N–H and O–H groups in total. The fraction of sp³-hybridized carbons (Fsp3) is 0.429. The normalized spacial score (nSPS) is 15.2. The highest BCUT2D eigenvalue weighted by molar-refractivity contribution is 5.94. The molecule has 5 nitrogen and oxygen atoms in total. The zero-order valence-electron chi connectivity index (χ0n) is 11.2. The largest absolute Gasteiger partial charge is 0.481 e. The summed E-state index contributed by atoms with van der Waals surface area (Å²) < 4.78 is 13.9. The second-order valence-electron chi connectivity index (χ2n) is 5.02. The van der Waals surface area contributed by atoms with E-state index in [0.29, 0.717) is 24.9 Å². The predicted molar refractivity (Wildman–Crippen MR) is 73.3 cm³/mol. The third-order valence-electron chi connectivity index (χ3n) is 3.28. The molecule has 0 radical (unpaired) electrons. The van der Waals surface area contributed by atoms with E-state index in [0.717, 1.165) is 5.56 Å². The molecule has 0 fully saturated rings. The van der Waals surface area contributed by atoms with Gasteiger partial charge < -0.3 is 15.7 Å². The van der Waals surface area contributed by atoms with Crippen LogP contribution in [0.5, 0.6) is 0 Å². The minimum atomic E-state index is -0.878. The van der Waals surface area contributed by atoms with Crippen LogP contribution in [0.1, 0.15) is 31.7 Å². The molecule has 0 aromatic heterocycles. The zero-order valence-corrected chi connectivity index (χ0v) is 11.2. The molecule has 6 heteroatoms. The number of carboxylic acids is 1. The van der Waals surface area contributed by atoms with Crippen molar-refractivity contribution in [2.45, 2.75) is 38.6 Å². The average Bonchev–Trinajstić information content (AvgIpc) is 2.38. The van der Waals surface area contributed by atoms with E-state index in [4.69, 9.17) is 5.11 Å². The second kappa shape index (κ2) is 5.90. The molecule has 0 spiro atoms. The summed E-state index contributed by atoms with van der Waals surface area (Å²) in [4.78, 5) is 21.8. The molecule has 0 saturated carbocycles. The summed E-state index contributed by atoms with van der Waals surface area (Å²) in [6, 6.07) is 2.82. The number of amides is 1. The third kappa shape index (κ3) is 3.46. The summed E-state index contributed by atoms with van der Waals surface area (Å²) >= 11 is 0. The molecule has 0 aliphatic carbocycles. The van der Waals surface area contributed by atoms with Crippen LogP contribution in [0.4, 0.5) is 15.8 Å². The number of rotatable bonds is 5. The van der Waals surface area contributed by atoms with Gasteiger partial charge in [0.2, 0.25) is 5.91 Å². The second-order valence-corrected chi connectivity index (χ2v) is 5.02. The maximum absolute atomic E-state index is 13.9. The molecule has 1 aliphatic rings. The predicted octanol–water partition coefficient (Wildman–Crippen LogP) is 2.38. The molecular formula is C14H17FN2O3. The summed E-state index contributed by atoms with van der Waals surface area (Å²) in [5, 5.41) is 14.3. The fourth-order valence-corrected chi connectivity index (χ4v) is 2.19. The Kier molecular flexibility index (Phi) is 4.22. The Morgan fingerprint density at radius 1 is 1.50 bits per heavy atom. The minimum absolute atomic E-state index is 0.0253. The van der Waals surface area contributed by atoms with E-state index in [1.54, 1.807) is 13.0 Å². The lowest BCUT2D eigenvalue weighted by molar-refractivity contribution is -0.137. The number of fused-ring (bicyclic) bond motifs is 1. The Hall–Kier alpha value is -2.11. The van der Waals surface area contributed by atoms with Gasteiger partial charge in [-0.2, -0.15) is 0 Å². The number of hydrogen-bond acceptors (Lipinski definition) is 3. The molecule has 0 bridgehead atoms. The summed E-state index contributed by atoms with van der Waals surface area (Å²) in [6.07, 6.45) is 1.33. The van der Waals surface area contributed by atoms with Crippen molar-refractivity contribution in [3.05, 3.63) is 23.5 Å². The number of carbonyl (C=O) groups excluding carboxylic acids is 1. The minimum Gasteiger partial charge on any atom is -0.481 e. The van der Waals surface area contributed by atoms with Crippen LogP contribution >= 0.6 is 0 Å². The van der Waals surface area contributed by atoms with Crippen LogP contribution in [0.2, 0.25) is 0 Å². The number of aliphatic carboxylic acids is 1. The Morgan fingerprint density at radius 3 is 2.95 bits per heavy atom. The van der Waals surface area contributed by atoms with Gasteiger partial charge in [0.1, 0.15) is 5.82 Å². The molecule has 1 unspecified atom stereocenters. The van der Waals surface area contributed by atoms with E-state index >= 15 is 0 Å². The first-order valence-corrected chi connectivity index (χ1v) is 6.56. The molecule has 20 heavy (non-hydrogen) atoms. The zero-order chi connectivity index (χ0) is 14.7. The van der Waals surface area contributed by atoms with Gasteiger partial charge in [-0.1, -0.05) is 0 Å². The smallest absolute Gasteiger partial charge is 0.303 e. The standard InChI is InChI=1S/C14H17FN2O3/c1-8(2-5-14(19)20)16-12-7-11-9(6-10(12)15)3-4-13(18)17-11/h6-8,16H,2-5H2,1H3,(H,17,18)(H,19,20).